The highest BCUT2D eigenvalue weighted by Gasteiger charge is 2.20. The van der Waals surface area contributed by atoms with Crippen molar-refractivity contribution in [2.75, 3.05) is 0 Å². The van der Waals surface area contributed by atoms with Gasteiger partial charge in [0.1, 0.15) is 12.2 Å². The van der Waals surface area contributed by atoms with Gasteiger partial charge in [0.05, 0.1) is 6.10 Å². The van der Waals surface area contributed by atoms with E-state index in [1.54, 1.807) is 6.92 Å². The summed E-state index contributed by atoms with van der Waals surface area (Å²) < 4.78 is 10.6. The Bertz CT molecular complexity index is 438. The van der Waals surface area contributed by atoms with E-state index in [1.165, 1.54) is 77.6 Å². The second-order valence-corrected chi connectivity index (χ2v) is 9.06. The van der Waals surface area contributed by atoms with Crippen LogP contribution in [0.5, 0.6) is 0 Å². The third-order valence-electron chi connectivity index (χ3n) is 5.74. The maximum absolute atomic E-state index is 12.1. The number of unbranched alkanes of at least 4 members (excludes halogenated alkanes) is 12. The van der Waals surface area contributed by atoms with E-state index in [9.17, 15) is 14.7 Å². The van der Waals surface area contributed by atoms with Crippen LogP contribution in [-0.2, 0) is 19.1 Å². The summed E-state index contributed by atoms with van der Waals surface area (Å²) in [6, 6.07) is 0. The molecule has 0 aromatic rings. The number of aliphatic hydroxyl groups excluding tert-OH is 1. The molecule has 0 bridgehead atoms. The van der Waals surface area contributed by atoms with Crippen molar-refractivity contribution < 1.29 is 24.2 Å². The molecule has 0 aromatic carbocycles. The summed E-state index contributed by atoms with van der Waals surface area (Å²) in [5.74, 6) is -0.522. The Labute approximate surface area is 191 Å². The first-order chi connectivity index (χ1) is 14.9. The highest BCUT2D eigenvalue weighted by molar-refractivity contribution is 5.69. The van der Waals surface area contributed by atoms with Crippen LogP contribution >= 0.6 is 0 Å². The third kappa shape index (κ3) is 20.6. The molecule has 31 heavy (non-hydrogen) atoms. The average molecular weight is 443 g/mol. The van der Waals surface area contributed by atoms with Crippen LogP contribution in [-0.4, -0.2) is 35.4 Å². The highest BCUT2D eigenvalue weighted by atomic mass is 16.5. The van der Waals surface area contributed by atoms with Gasteiger partial charge in [-0.25, -0.2) is 0 Å². The normalized spacial score (nSPS) is 14.1. The molecule has 0 aliphatic carbocycles. The molecule has 0 aromatic heterocycles. The molecule has 184 valence electrons. The van der Waals surface area contributed by atoms with E-state index in [1.807, 2.05) is 6.92 Å². The SMILES string of the molecule is CCCCCCCCCCCCCCCC(=O)OC(CC)CC(O)CC(C)OC(C)=O. The van der Waals surface area contributed by atoms with Crippen molar-refractivity contribution in [1.29, 1.82) is 0 Å². The van der Waals surface area contributed by atoms with Crippen LogP contribution in [0.1, 0.15) is 137 Å². The average Bonchev–Trinajstić information content (AvgIpc) is 2.70. The van der Waals surface area contributed by atoms with Gasteiger partial charge in [-0.05, 0) is 19.8 Å². The van der Waals surface area contributed by atoms with Gasteiger partial charge in [-0.2, -0.15) is 0 Å². The molecule has 0 amide bonds. The molecule has 1 N–H and O–H groups in total. The molecule has 0 rings (SSSR count). The predicted octanol–water partition coefficient (Wildman–Crippen LogP) is 6.88. The Morgan fingerprint density at radius 3 is 1.68 bits per heavy atom. The zero-order chi connectivity index (χ0) is 23.3. The summed E-state index contributed by atoms with van der Waals surface area (Å²) in [5.41, 5.74) is 0. The van der Waals surface area contributed by atoms with E-state index < -0.39 is 6.10 Å². The van der Waals surface area contributed by atoms with E-state index in [0.717, 1.165) is 12.8 Å². The van der Waals surface area contributed by atoms with Gasteiger partial charge in [0.25, 0.3) is 0 Å². The lowest BCUT2D eigenvalue weighted by Crippen LogP contribution is -2.27. The number of ether oxygens (including phenoxy) is 2. The lowest BCUT2D eigenvalue weighted by Gasteiger charge is -2.21. The van der Waals surface area contributed by atoms with Crippen LogP contribution in [0, 0.1) is 0 Å². The quantitative estimate of drug-likeness (QED) is 0.155. The minimum absolute atomic E-state index is 0.171. The van der Waals surface area contributed by atoms with Crippen molar-refractivity contribution in [3.8, 4) is 0 Å². The standard InChI is InChI=1S/C26H50O5/c1-5-7-8-9-10-11-12-13-14-15-16-17-18-19-26(29)31-25(6-2)21-24(28)20-22(3)30-23(4)27/h22,24-25,28H,5-21H2,1-4H3. The molecule has 5 nitrogen and oxygen atoms in total. The monoisotopic (exact) mass is 442 g/mol. The molecule has 3 atom stereocenters. The first kappa shape index (κ1) is 29.9. The van der Waals surface area contributed by atoms with Crippen molar-refractivity contribution in [1.82, 2.24) is 0 Å². The topological polar surface area (TPSA) is 72.8 Å². The molecule has 0 radical (unpaired) electrons. The fourth-order valence-electron chi connectivity index (χ4n) is 3.94. The van der Waals surface area contributed by atoms with Crippen molar-refractivity contribution in [3.05, 3.63) is 0 Å². The molecule has 5 heteroatoms. The highest BCUT2D eigenvalue weighted by Crippen LogP contribution is 2.16. The summed E-state index contributed by atoms with van der Waals surface area (Å²) in [6.45, 7) is 7.32. The number of carbonyl (C=O) groups is 2. The van der Waals surface area contributed by atoms with Crippen LogP contribution < -0.4 is 0 Å². The molecule has 0 aliphatic heterocycles. The molecule has 0 saturated carbocycles. The number of carbonyl (C=O) groups excluding carboxylic acids is 2. The maximum atomic E-state index is 12.1. The Morgan fingerprint density at radius 2 is 1.23 bits per heavy atom. The summed E-state index contributed by atoms with van der Waals surface area (Å²) in [7, 11) is 0. The van der Waals surface area contributed by atoms with Gasteiger partial charge in [-0.3, -0.25) is 9.59 Å². The van der Waals surface area contributed by atoms with Gasteiger partial charge in [0.15, 0.2) is 0 Å². The molecule has 0 saturated heterocycles. The fraction of sp³-hybridized carbons (Fsp3) is 0.923. The second kappa shape index (κ2) is 20.8. The number of hydrogen-bond donors (Lipinski definition) is 1. The molecular weight excluding hydrogens is 392 g/mol. The number of hydrogen-bond acceptors (Lipinski definition) is 5. The molecule has 3 unspecified atom stereocenters. The van der Waals surface area contributed by atoms with Crippen LogP contribution in [0.4, 0.5) is 0 Å². The van der Waals surface area contributed by atoms with E-state index in [2.05, 4.69) is 6.92 Å². The molecule has 0 fully saturated rings. The van der Waals surface area contributed by atoms with E-state index in [4.69, 9.17) is 9.47 Å². The Kier molecular flexibility index (Phi) is 20.0. The maximum Gasteiger partial charge on any atom is 0.306 e. The van der Waals surface area contributed by atoms with Gasteiger partial charge in [0, 0.05) is 26.2 Å². The minimum Gasteiger partial charge on any atom is -0.463 e. The fourth-order valence-corrected chi connectivity index (χ4v) is 3.94. The van der Waals surface area contributed by atoms with Crippen molar-refractivity contribution in [2.24, 2.45) is 0 Å². The van der Waals surface area contributed by atoms with Crippen molar-refractivity contribution >= 4 is 11.9 Å². The summed E-state index contributed by atoms with van der Waals surface area (Å²) in [4.78, 5) is 23.0. The smallest absolute Gasteiger partial charge is 0.306 e. The summed E-state index contributed by atoms with van der Waals surface area (Å²) in [5, 5.41) is 10.2. The number of esters is 2. The van der Waals surface area contributed by atoms with Crippen LogP contribution in [0.15, 0.2) is 0 Å². The zero-order valence-electron chi connectivity index (χ0n) is 20.8. The predicted molar refractivity (Wildman–Crippen MR) is 127 cm³/mol. The van der Waals surface area contributed by atoms with Gasteiger partial charge < -0.3 is 14.6 Å². The summed E-state index contributed by atoms with van der Waals surface area (Å²) >= 11 is 0. The van der Waals surface area contributed by atoms with E-state index in [0.29, 0.717) is 25.7 Å². The van der Waals surface area contributed by atoms with Gasteiger partial charge in [0.2, 0.25) is 0 Å². The lowest BCUT2D eigenvalue weighted by atomic mass is 10.0. The Balaban J connectivity index is 3.66. The molecule has 0 spiro atoms. The van der Waals surface area contributed by atoms with Gasteiger partial charge >= 0.3 is 11.9 Å². The minimum atomic E-state index is -0.650. The zero-order valence-corrected chi connectivity index (χ0v) is 20.8. The van der Waals surface area contributed by atoms with Crippen LogP contribution in [0.25, 0.3) is 0 Å². The van der Waals surface area contributed by atoms with Crippen LogP contribution in [0.3, 0.4) is 0 Å². The third-order valence-corrected chi connectivity index (χ3v) is 5.74. The molecule has 0 heterocycles. The number of rotatable bonds is 21. The van der Waals surface area contributed by atoms with Gasteiger partial charge in [-0.1, -0.05) is 90.9 Å². The van der Waals surface area contributed by atoms with E-state index >= 15 is 0 Å². The lowest BCUT2D eigenvalue weighted by molar-refractivity contribution is -0.151. The molecule has 0 aliphatic rings. The number of aliphatic hydroxyl groups is 1. The first-order valence-electron chi connectivity index (χ1n) is 12.9. The second-order valence-electron chi connectivity index (χ2n) is 9.06. The summed E-state index contributed by atoms with van der Waals surface area (Å²) in [6.07, 6.45) is 17.3. The Morgan fingerprint density at radius 1 is 0.742 bits per heavy atom. The molecular formula is C26H50O5. The van der Waals surface area contributed by atoms with Crippen molar-refractivity contribution in [2.45, 2.75) is 155 Å². The largest absolute Gasteiger partial charge is 0.463 e. The van der Waals surface area contributed by atoms with Crippen molar-refractivity contribution in [3.63, 3.8) is 0 Å². The first-order valence-corrected chi connectivity index (χ1v) is 12.9. The van der Waals surface area contributed by atoms with Gasteiger partial charge in [-0.15, -0.1) is 0 Å². The van der Waals surface area contributed by atoms with Crippen LogP contribution in [0.2, 0.25) is 0 Å². The van der Waals surface area contributed by atoms with E-state index in [-0.39, 0.29) is 24.1 Å². The Hall–Kier alpha value is -1.10.